The number of carbonyl (C=O) groups is 3. The SMILES string of the molecule is Cc1nc([C@H](Cc2ccsc2)NC(=O)CN2C(=O)NC(C)(C)C2=O)sc1C. The van der Waals surface area contributed by atoms with Crippen molar-refractivity contribution in [2.75, 3.05) is 6.54 Å². The summed E-state index contributed by atoms with van der Waals surface area (Å²) in [6.07, 6.45) is 0.604. The maximum atomic E-state index is 12.6. The average molecular weight is 407 g/mol. The number of thiophene rings is 1. The Morgan fingerprint density at radius 3 is 2.63 bits per heavy atom. The van der Waals surface area contributed by atoms with E-state index in [1.165, 1.54) is 0 Å². The van der Waals surface area contributed by atoms with E-state index in [1.54, 1.807) is 36.5 Å². The number of urea groups is 1. The Labute approximate surface area is 165 Å². The number of amides is 4. The van der Waals surface area contributed by atoms with Crippen LogP contribution < -0.4 is 10.6 Å². The molecule has 3 heterocycles. The molecule has 7 nitrogen and oxygen atoms in total. The van der Waals surface area contributed by atoms with Crippen LogP contribution in [0, 0.1) is 13.8 Å². The monoisotopic (exact) mass is 406 g/mol. The van der Waals surface area contributed by atoms with Crippen LogP contribution in [-0.2, 0) is 16.0 Å². The average Bonchev–Trinajstić information content (AvgIpc) is 3.25. The van der Waals surface area contributed by atoms with Gasteiger partial charge in [0.25, 0.3) is 5.91 Å². The molecular weight excluding hydrogens is 384 g/mol. The maximum Gasteiger partial charge on any atom is 0.325 e. The molecule has 0 aromatic carbocycles. The molecule has 2 aromatic rings. The fraction of sp³-hybridized carbons (Fsp3) is 0.444. The second kappa shape index (κ2) is 7.40. The highest BCUT2D eigenvalue weighted by Gasteiger charge is 2.45. The van der Waals surface area contributed by atoms with E-state index in [4.69, 9.17) is 0 Å². The van der Waals surface area contributed by atoms with Gasteiger partial charge in [0, 0.05) is 11.3 Å². The fourth-order valence-corrected chi connectivity index (χ4v) is 4.49. The summed E-state index contributed by atoms with van der Waals surface area (Å²) < 4.78 is 0. The summed E-state index contributed by atoms with van der Waals surface area (Å²) in [5.41, 5.74) is 1.05. The second-order valence-electron chi connectivity index (χ2n) is 7.10. The van der Waals surface area contributed by atoms with Crippen LogP contribution in [0.3, 0.4) is 0 Å². The van der Waals surface area contributed by atoms with Crippen LogP contribution in [0.4, 0.5) is 4.79 Å². The smallest absolute Gasteiger partial charge is 0.325 e. The summed E-state index contributed by atoms with van der Waals surface area (Å²) in [5.74, 6) is -0.792. The van der Waals surface area contributed by atoms with E-state index in [0.717, 1.165) is 26.0 Å². The molecular formula is C18H22N4O3S2. The third kappa shape index (κ3) is 4.19. The summed E-state index contributed by atoms with van der Waals surface area (Å²) in [5, 5.41) is 10.4. The van der Waals surface area contributed by atoms with Crippen LogP contribution in [0.1, 0.15) is 41.0 Å². The Morgan fingerprint density at radius 1 is 1.37 bits per heavy atom. The van der Waals surface area contributed by atoms with Crippen molar-refractivity contribution in [3.8, 4) is 0 Å². The van der Waals surface area contributed by atoms with Crippen molar-refractivity contribution in [1.29, 1.82) is 0 Å². The largest absolute Gasteiger partial charge is 0.345 e. The quantitative estimate of drug-likeness (QED) is 0.721. The molecule has 1 atom stereocenters. The summed E-state index contributed by atoms with van der Waals surface area (Å²) >= 11 is 3.14. The normalized spacial score (nSPS) is 17.1. The van der Waals surface area contributed by atoms with E-state index >= 15 is 0 Å². The van der Waals surface area contributed by atoms with Gasteiger partial charge < -0.3 is 10.6 Å². The van der Waals surface area contributed by atoms with Gasteiger partial charge in [-0.1, -0.05) is 0 Å². The third-order valence-corrected chi connectivity index (χ3v) is 6.36. The third-order valence-electron chi connectivity index (χ3n) is 4.44. The van der Waals surface area contributed by atoms with Crippen LogP contribution in [0.5, 0.6) is 0 Å². The fourth-order valence-electron chi connectivity index (χ4n) is 2.84. The zero-order chi connectivity index (χ0) is 19.8. The predicted octanol–water partition coefficient (Wildman–Crippen LogP) is 2.55. The first-order valence-corrected chi connectivity index (χ1v) is 10.3. The van der Waals surface area contributed by atoms with Crippen LogP contribution in [0.2, 0.25) is 0 Å². The molecule has 1 aliphatic heterocycles. The van der Waals surface area contributed by atoms with E-state index in [9.17, 15) is 14.4 Å². The molecule has 1 saturated heterocycles. The first kappa shape index (κ1) is 19.5. The minimum Gasteiger partial charge on any atom is -0.345 e. The van der Waals surface area contributed by atoms with Gasteiger partial charge in [-0.3, -0.25) is 14.5 Å². The first-order chi connectivity index (χ1) is 12.7. The van der Waals surface area contributed by atoms with E-state index < -0.39 is 17.5 Å². The van der Waals surface area contributed by atoms with Gasteiger partial charge in [0.1, 0.15) is 17.1 Å². The van der Waals surface area contributed by atoms with Gasteiger partial charge in [0.2, 0.25) is 5.91 Å². The predicted molar refractivity (Wildman–Crippen MR) is 105 cm³/mol. The molecule has 4 amide bonds. The molecule has 0 unspecified atom stereocenters. The number of hydrogen-bond acceptors (Lipinski definition) is 6. The van der Waals surface area contributed by atoms with Crippen molar-refractivity contribution in [3.05, 3.63) is 38.0 Å². The number of hydrogen-bond donors (Lipinski definition) is 2. The highest BCUT2D eigenvalue weighted by atomic mass is 32.1. The standard InChI is InChI=1S/C18H22N4O3S2/c1-10-11(2)27-15(19-10)13(7-12-5-6-26-9-12)20-14(23)8-22-16(24)18(3,4)21-17(22)25/h5-6,9,13H,7-8H2,1-4H3,(H,20,23)(H,21,25)/t13-/m0/s1. The van der Waals surface area contributed by atoms with Gasteiger partial charge >= 0.3 is 6.03 Å². The van der Waals surface area contributed by atoms with E-state index in [0.29, 0.717) is 6.42 Å². The van der Waals surface area contributed by atoms with Crippen LogP contribution >= 0.6 is 22.7 Å². The summed E-state index contributed by atoms with van der Waals surface area (Å²) in [7, 11) is 0. The van der Waals surface area contributed by atoms with Gasteiger partial charge in [0.05, 0.1) is 11.7 Å². The Balaban J connectivity index is 1.74. The second-order valence-corrected chi connectivity index (χ2v) is 9.11. The number of thiazole rings is 1. The molecule has 2 aromatic heterocycles. The number of nitrogens with one attached hydrogen (secondary N) is 2. The summed E-state index contributed by atoms with van der Waals surface area (Å²) in [4.78, 5) is 43.5. The van der Waals surface area contributed by atoms with Crippen LogP contribution in [0.25, 0.3) is 0 Å². The summed E-state index contributed by atoms with van der Waals surface area (Å²) in [6, 6.07) is 1.16. The zero-order valence-corrected chi connectivity index (χ0v) is 17.3. The number of nitrogens with zero attached hydrogens (tertiary/aromatic N) is 2. The molecule has 0 radical (unpaired) electrons. The van der Waals surface area contributed by atoms with Crippen LogP contribution in [0.15, 0.2) is 16.8 Å². The molecule has 1 fully saturated rings. The lowest BCUT2D eigenvalue weighted by Gasteiger charge is -2.19. The van der Waals surface area contributed by atoms with Crippen molar-refractivity contribution >= 4 is 40.5 Å². The van der Waals surface area contributed by atoms with Gasteiger partial charge in [-0.25, -0.2) is 9.78 Å². The number of carbonyl (C=O) groups excluding carboxylic acids is 3. The Bertz CT molecular complexity index is 854. The Morgan fingerprint density at radius 2 is 2.11 bits per heavy atom. The molecule has 0 aliphatic carbocycles. The van der Waals surface area contributed by atoms with Crippen molar-refractivity contribution in [2.24, 2.45) is 0 Å². The lowest BCUT2D eigenvalue weighted by Crippen LogP contribution is -2.44. The van der Waals surface area contributed by atoms with Gasteiger partial charge in [-0.15, -0.1) is 11.3 Å². The molecule has 1 aliphatic rings. The molecule has 3 rings (SSSR count). The first-order valence-electron chi connectivity index (χ1n) is 8.56. The lowest BCUT2D eigenvalue weighted by atomic mass is 10.1. The lowest BCUT2D eigenvalue weighted by molar-refractivity contribution is -0.134. The van der Waals surface area contributed by atoms with E-state index in [1.807, 2.05) is 30.7 Å². The van der Waals surface area contributed by atoms with Gasteiger partial charge in [-0.2, -0.15) is 11.3 Å². The molecule has 27 heavy (non-hydrogen) atoms. The van der Waals surface area contributed by atoms with Crippen molar-refractivity contribution < 1.29 is 14.4 Å². The summed E-state index contributed by atoms with van der Waals surface area (Å²) in [6.45, 7) is 6.86. The topological polar surface area (TPSA) is 91.4 Å². The molecule has 0 bridgehead atoms. The highest BCUT2D eigenvalue weighted by molar-refractivity contribution is 7.11. The van der Waals surface area contributed by atoms with Crippen LogP contribution in [-0.4, -0.2) is 39.8 Å². The number of aromatic nitrogens is 1. The molecule has 9 heteroatoms. The minimum absolute atomic E-state index is 0.307. The molecule has 2 N–H and O–H groups in total. The van der Waals surface area contributed by atoms with Gasteiger partial charge in [-0.05, 0) is 50.1 Å². The van der Waals surface area contributed by atoms with Crippen molar-refractivity contribution in [2.45, 2.75) is 45.7 Å². The Hall–Kier alpha value is -2.26. The number of imide groups is 1. The van der Waals surface area contributed by atoms with Gasteiger partial charge in [0.15, 0.2) is 0 Å². The molecule has 144 valence electrons. The maximum absolute atomic E-state index is 12.6. The zero-order valence-electron chi connectivity index (χ0n) is 15.7. The molecule has 0 spiro atoms. The van der Waals surface area contributed by atoms with E-state index in [2.05, 4.69) is 15.6 Å². The number of rotatable bonds is 6. The molecule has 0 saturated carbocycles. The van der Waals surface area contributed by atoms with E-state index in [-0.39, 0.29) is 18.5 Å². The highest BCUT2D eigenvalue weighted by Crippen LogP contribution is 2.26. The minimum atomic E-state index is -0.989. The Kier molecular flexibility index (Phi) is 5.34. The van der Waals surface area contributed by atoms with Crippen molar-refractivity contribution in [1.82, 2.24) is 20.5 Å². The number of aryl methyl sites for hydroxylation is 2. The van der Waals surface area contributed by atoms with Crippen molar-refractivity contribution in [3.63, 3.8) is 0 Å².